The highest BCUT2D eigenvalue weighted by atomic mass is 32.2. The van der Waals surface area contributed by atoms with Crippen molar-refractivity contribution in [3.8, 4) is 0 Å². The lowest BCUT2D eigenvalue weighted by Crippen LogP contribution is -2.30. The molecule has 1 rings (SSSR count). The lowest BCUT2D eigenvalue weighted by molar-refractivity contribution is 0.0952. The van der Waals surface area contributed by atoms with E-state index < -0.39 is 10.0 Å². The van der Waals surface area contributed by atoms with Gasteiger partial charge in [0.25, 0.3) is 5.91 Å². The summed E-state index contributed by atoms with van der Waals surface area (Å²) in [6, 6.07) is 5.59. The summed E-state index contributed by atoms with van der Waals surface area (Å²) < 4.78 is 26.3. The highest BCUT2D eigenvalue weighted by molar-refractivity contribution is 7.89. The van der Waals surface area contributed by atoms with Crippen LogP contribution in [0.1, 0.15) is 37.0 Å². The Kier molecular flexibility index (Phi) is 6.80. The van der Waals surface area contributed by atoms with Crippen LogP contribution in [0.4, 0.5) is 0 Å². The summed E-state index contributed by atoms with van der Waals surface area (Å²) in [7, 11) is -3.54. The third-order valence-electron chi connectivity index (χ3n) is 2.69. The second-order valence-corrected chi connectivity index (χ2v) is 6.70. The average molecular weight is 314 g/mol. The van der Waals surface area contributed by atoms with Crippen molar-refractivity contribution < 1.29 is 18.3 Å². The Morgan fingerprint density at radius 3 is 2.33 bits per heavy atom. The Morgan fingerprint density at radius 1 is 1.19 bits per heavy atom. The van der Waals surface area contributed by atoms with Crippen LogP contribution in [0.5, 0.6) is 0 Å². The number of hydrogen-bond acceptors (Lipinski definition) is 4. The molecule has 0 aliphatic heterocycles. The van der Waals surface area contributed by atoms with E-state index in [9.17, 15) is 13.2 Å². The van der Waals surface area contributed by atoms with Crippen LogP contribution in [-0.2, 0) is 10.0 Å². The van der Waals surface area contributed by atoms with Gasteiger partial charge in [0.05, 0.1) is 4.90 Å². The molecule has 3 N–H and O–H groups in total. The molecule has 21 heavy (non-hydrogen) atoms. The van der Waals surface area contributed by atoms with Crippen molar-refractivity contribution >= 4 is 15.9 Å². The second kappa shape index (κ2) is 8.11. The van der Waals surface area contributed by atoms with Crippen LogP contribution in [0.15, 0.2) is 29.2 Å². The monoisotopic (exact) mass is 314 g/mol. The molecule has 7 heteroatoms. The molecule has 0 saturated heterocycles. The number of sulfonamides is 1. The zero-order chi connectivity index (χ0) is 15.9. The lowest BCUT2D eigenvalue weighted by Gasteiger charge is -2.10. The first-order chi connectivity index (χ1) is 9.86. The van der Waals surface area contributed by atoms with Crippen LogP contribution in [0.2, 0.25) is 0 Å². The van der Waals surface area contributed by atoms with Crippen LogP contribution in [-0.4, -0.2) is 38.6 Å². The number of aliphatic hydroxyl groups is 1. The number of nitrogens with one attached hydrogen (secondary N) is 2. The van der Waals surface area contributed by atoms with E-state index in [4.69, 9.17) is 5.11 Å². The van der Waals surface area contributed by atoms with Crippen molar-refractivity contribution in [2.24, 2.45) is 0 Å². The molecule has 6 nitrogen and oxygen atoms in total. The molecule has 0 atom stereocenters. The molecule has 0 heterocycles. The van der Waals surface area contributed by atoms with Gasteiger partial charge in [-0.05, 0) is 51.0 Å². The fourth-order valence-electron chi connectivity index (χ4n) is 1.70. The Labute approximate surface area is 125 Å². The molecule has 0 aromatic heterocycles. The number of benzene rings is 1. The number of aliphatic hydroxyl groups excluding tert-OH is 1. The number of carbonyl (C=O) groups excluding carboxylic acids is 1. The Morgan fingerprint density at radius 2 is 1.81 bits per heavy atom. The summed E-state index contributed by atoms with van der Waals surface area (Å²) >= 11 is 0. The van der Waals surface area contributed by atoms with Gasteiger partial charge in [-0.3, -0.25) is 4.79 Å². The van der Waals surface area contributed by atoms with Crippen molar-refractivity contribution in [1.82, 2.24) is 10.0 Å². The predicted octanol–water partition coefficient (Wildman–Crippen LogP) is 0.876. The van der Waals surface area contributed by atoms with Gasteiger partial charge in [-0.1, -0.05) is 0 Å². The van der Waals surface area contributed by atoms with E-state index in [2.05, 4.69) is 10.0 Å². The van der Waals surface area contributed by atoms with Crippen molar-refractivity contribution in [1.29, 1.82) is 0 Å². The Balaban J connectivity index is 2.67. The smallest absolute Gasteiger partial charge is 0.251 e. The second-order valence-electron chi connectivity index (χ2n) is 4.99. The van der Waals surface area contributed by atoms with Gasteiger partial charge in [0.15, 0.2) is 0 Å². The summed E-state index contributed by atoms with van der Waals surface area (Å²) in [5.74, 6) is -0.256. The van der Waals surface area contributed by atoms with Crippen molar-refractivity contribution in [2.45, 2.75) is 37.6 Å². The molecule has 0 aliphatic rings. The standard InChI is InChI=1S/C14H22N2O4S/c1-11(2)16-21(19,20)13-7-5-12(6-8-13)14(18)15-9-3-4-10-17/h5-8,11,16-17H,3-4,9-10H2,1-2H3,(H,15,18). The highest BCUT2D eigenvalue weighted by Crippen LogP contribution is 2.11. The van der Waals surface area contributed by atoms with Gasteiger partial charge in [-0.2, -0.15) is 0 Å². The molecule has 1 amide bonds. The fraction of sp³-hybridized carbons (Fsp3) is 0.500. The predicted molar refractivity (Wildman–Crippen MR) is 80.6 cm³/mol. The van der Waals surface area contributed by atoms with Crippen molar-refractivity contribution in [2.75, 3.05) is 13.2 Å². The third-order valence-corrected chi connectivity index (χ3v) is 4.36. The number of hydrogen-bond donors (Lipinski definition) is 3. The third kappa shape index (κ3) is 5.82. The normalized spacial score (nSPS) is 11.6. The largest absolute Gasteiger partial charge is 0.396 e. The van der Waals surface area contributed by atoms with Gasteiger partial charge in [-0.25, -0.2) is 13.1 Å². The topological polar surface area (TPSA) is 95.5 Å². The van der Waals surface area contributed by atoms with Crippen LogP contribution < -0.4 is 10.0 Å². The maximum absolute atomic E-state index is 11.9. The molecule has 0 radical (unpaired) electrons. The number of unbranched alkanes of at least 4 members (excludes halogenated alkanes) is 1. The average Bonchev–Trinajstić information content (AvgIpc) is 2.42. The first kappa shape index (κ1) is 17.6. The van der Waals surface area contributed by atoms with E-state index in [0.717, 1.165) is 0 Å². The van der Waals surface area contributed by atoms with Gasteiger partial charge in [0, 0.05) is 24.8 Å². The molecule has 0 fully saturated rings. The number of rotatable bonds is 8. The lowest BCUT2D eigenvalue weighted by atomic mass is 10.2. The zero-order valence-electron chi connectivity index (χ0n) is 12.3. The molecule has 0 saturated carbocycles. The van der Waals surface area contributed by atoms with Crippen LogP contribution in [0, 0.1) is 0 Å². The highest BCUT2D eigenvalue weighted by Gasteiger charge is 2.15. The van der Waals surface area contributed by atoms with E-state index in [1.807, 2.05) is 0 Å². The van der Waals surface area contributed by atoms with Crippen LogP contribution in [0.3, 0.4) is 0 Å². The summed E-state index contributed by atoms with van der Waals surface area (Å²) in [6.45, 7) is 4.07. The minimum Gasteiger partial charge on any atom is -0.396 e. The van der Waals surface area contributed by atoms with E-state index in [1.54, 1.807) is 13.8 Å². The first-order valence-corrected chi connectivity index (χ1v) is 8.36. The Hall–Kier alpha value is -1.44. The number of amides is 1. The molecular weight excluding hydrogens is 292 g/mol. The van der Waals surface area contributed by atoms with E-state index in [1.165, 1.54) is 24.3 Å². The molecule has 1 aromatic rings. The Bertz CT molecular complexity index is 553. The minimum absolute atomic E-state index is 0.102. The summed E-state index contributed by atoms with van der Waals surface area (Å²) in [4.78, 5) is 11.9. The maximum Gasteiger partial charge on any atom is 0.251 e. The van der Waals surface area contributed by atoms with Gasteiger partial charge < -0.3 is 10.4 Å². The molecule has 118 valence electrons. The summed E-state index contributed by atoms with van der Waals surface area (Å²) in [6.07, 6.45) is 1.34. The van der Waals surface area contributed by atoms with Gasteiger partial charge >= 0.3 is 0 Å². The fourth-order valence-corrected chi connectivity index (χ4v) is 2.96. The van der Waals surface area contributed by atoms with Crippen LogP contribution >= 0.6 is 0 Å². The van der Waals surface area contributed by atoms with Crippen molar-refractivity contribution in [3.05, 3.63) is 29.8 Å². The molecule has 1 aromatic carbocycles. The van der Waals surface area contributed by atoms with Crippen LogP contribution in [0.25, 0.3) is 0 Å². The van der Waals surface area contributed by atoms with Gasteiger partial charge in [-0.15, -0.1) is 0 Å². The zero-order valence-corrected chi connectivity index (χ0v) is 13.1. The molecular formula is C14H22N2O4S. The van der Waals surface area contributed by atoms with E-state index >= 15 is 0 Å². The van der Waals surface area contributed by atoms with Gasteiger partial charge in [0.1, 0.15) is 0 Å². The van der Waals surface area contributed by atoms with E-state index in [0.29, 0.717) is 24.9 Å². The minimum atomic E-state index is -3.54. The molecule has 0 spiro atoms. The number of carbonyl (C=O) groups is 1. The summed E-state index contributed by atoms with van der Waals surface area (Å²) in [5.41, 5.74) is 0.405. The van der Waals surface area contributed by atoms with Crippen molar-refractivity contribution in [3.63, 3.8) is 0 Å². The summed E-state index contributed by atoms with van der Waals surface area (Å²) in [5, 5.41) is 11.4. The first-order valence-electron chi connectivity index (χ1n) is 6.88. The maximum atomic E-state index is 11.9. The quantitative estimate of drug-likeness (QED) is 0.621. The molecule has 0 aliphatic carbocycles. The van der Waals surface area contributed by atoms with Gasteiger partial charge in [0.2, 0.25) is 10.0 Å². The van der Waals surface area contributed by atoms with E-state index in [-0.39, 0.29) is 23.5 Å². The molecule has 0 bridgehead atoms. The molecule has 0 unspecified atom stereocenters. The SMILES string of the molecule is CC(C)NS(=O)(=O)c1ccc(C(=O)NCCCCO)cc1.